The van der Waals surface area contributed by atoms with Crippen LogP contribution in [0.25, 0.3) is 23.0 Å². The van der Waals surface area contributed by atoms with E-state index in [0.717, 1.165) is 11.3 Å². The molecule has 0 aliphatic carbocycles. The summed E-state index contributed by atoms with van der Waals surface area (Å²) in [4.78, 5) is 8.59. The van der Waals surface area contributed by atoms with E-state index in [4.69, 9.17) is 15.0 Å². The summed E-state index contributed by atoms with van der Waals surface area (Å²) < 4.78 is 12.3. The molecule has 0 saturated carbocycles. The van der Waals surface area contributed by atoms with Gasteiger partial charge in [0, 0.05) is 24.8 Å². The molecule has 7 nitrogen and oxygen atoms in total. The van der Waals surface area contributed by atoms with E-state index in [1.807, 2.05) is 35.0 Å². The van der Waals surface area contributed by atoms with Crippen molar-refractivity contribution < 1.29 is 9.26 Å². The van der Waals surface area contributed by atoms with Gasteiger partial charge in [-0.3, -0.25) is 0 Å². The SMILES string of the molecule is COc1cccc(-c2noc(-c3cn(CCN)cn3)n2)c1. The minimum atomic E-state index is 0.378. The van der Waals surface area contributed by atoms with Gasteiger partial charge in [-0.15, -0.1) is 0 Å². The molecule has 0 atom stereocenters. The lowest BCUT2D eigenvalue weighted by atomic mass is 10.2. The van der Waals surface area contributed by atoms with Crippen molar-refractivity contribution in [2.75, 3.05) is 13.7 Å². The molecule has 0 unspecified atom stereocenters. The summed E-state index contributed by atoms with van der Waals surface area (Å²) in [5.41, 5.74) is 6.96. The Morgan fingerprint density at radius 1 is 1.38 bits per heavy atom. The zero-order chi connectivity index (χ0) is 14.7. The fraction of sp³-hybridized carbons (Fsp3) is 0.214. The minimum Gasteiger partial charge on any atom is -0.497 e. The molecule has 0 aliphatic heterocycles. The van der Waals surface area contributed by atoms with Crippen molar-refractivity contribution in [1.29, 1.82) is 0 Å². The third kappa shape index (κ3) is 2.77. The molecule has 0 amide bonds. The van der Waals surface area contributed by atoms with Crippen molar-refractivity contribution >= 4 is 0 Å². The highest BCUT2D eigenvalue weighted by Crippen LogP contribution is 2.23. The minimum absolute atomic E-state index is 0.378. The Morgan fingerprint density at radius 2 is 2.29 bits per heavy atom. The molecule has 0 aliphatic rings. The molecular weight excluding hydrogens is 270 g/mol. The standard InChI is InChI=1S/C14H15N5O2/c1-20-11-4-2-3-10(7-11)13-17-14(21-18-13)12-8-19(6-5-15)9-16-12/h2-4,7-9H,5-6,15H2,1H3. The number of benzene rings is 1. The summed E-state index contributed by atoms with van der Waals surface area (Å²) in [7, 11) is 1.62. The van der Waals surface area contributed by atoms with E-state index in [0.29, 0.717) is 30.5 Å². The van der Waals surface area contributed by atoms with Gasteiger partial charge in [0.25, 0.3) is 5.89 Å². The maximum absolute atomic E-state index is 5.50. The van der Waals surface area contributed by atoms with Crippen LogP contribution in [-0.4, -0.2) is 33.3 Å². The first-order valence-corrected chi connectivity index (χ1v) is 6.50. The molecule has 2 N–H and O–H groups in total. The number of methoxy groups -OCH3 is 1. The summed E-state index contributed by atoms with van der Waals surface area (Å²) in [6, 6.07) is 7.48. The molecule has 21 heavy (non-hydrogen) atoms. The van der Waals surface area contributed by atoms with Gasteiger partial charge in [0.15, 0.2) is 0 Å². The number of rotatable bonds is 5. The van der Waals surface area contributed by atoms with Gasteiger partial charge in [-0.25, -0.2) is 4.98 Å². The van der Waals surface area contributed by atoms with Crippen molar-refractivity contribution in [2.45, 2.75) is 6.54 Å². The van der Waals surface area contributed by atoms with E-state index in [9.17, 15) is 0 Å². The topological polar surface area (TPSA) is 92.0 Å². The van der Waals surface area contributed by atoms with E-state index in [-0.39, 0.29) is 0 Å². The predicted octanol–water partition coefficient (Wildman–Crippen LogP) is 1.57. The van der Waals surface area contributed by atoms with Crippen molar-refractivity contribution in [3.63, 3.8) is 0 Å². The molecule has 1 aromatic carbocycles. The van der Waals surface area contributed by atoms with Gasteiger partial charge in [0.05, 0.1) is 13.4 Å². The van der Waals surface area contributed by atoms with Crippen LogP contribution in [0.15, 0.2) is 41.3 Å². The van der Waals surface area contributed by atoms with E-state index in [1.165, 1.54) is 0 Å². The Balaban J connectivity index is 1.88. The van der Waals surface area contributed by atoms with Crippen LogP contribution in [0, 0.1) is 0 Å². The van der Waals surface area contributed by atoms with E-state index < -0.39 is 0 Å². The Kier molecular flexibility index (Phi) is 3.65. The van der Waals surface area contributed by atoms with Crippen LogP contribution >= 0.6 is 0 Å². The zero-order valence-electron chi connectivity index (χ0n) is 11.6. The summed E-state index contributed by atoms with van der Waals surface area (Å²) >= 11 is 0. The number of hydrogen-bond acceptors (Lipinski definition) is 6. The van der Waals surface area contributed by atoms with Crippen LogP contribution < -0.4 is 10.5 Å². The van der Waals surface area contributed by atoms with Crippen molar-refractivity contribution in [2.24, 2.45) is 5.73 Å². The van der Waals surface area contributed by atoms with Crippen molar-refractivity contribution in [3.05, 3.63) is 36.8 Å². The zero-order valence-corrected chi connectivity index (χ0v) is 11.6. The fourth-order valence-electron chi connectivity index (χ4n) is 1.95. The van der Waals surface area contributed by atoms with Crippen LogP contribution in [0.4, 0.5) is 0 Å². The van der Waals surface area contributed by atoms with Gasteiger partial charge in [0.1, 0.15) is 11.4 Å². The molecule has 7 heteroatoms. The first-order valence-electron chi connectivity index (χ1n) is 6.50. The number of hydrogen-bond donors (Lipinski definition) is 1. The van der Waals surface area contributed by atoms with E-state index >= 15 is 0 Å². The Labute approximate surface area is 121 Å². The van der Waals surface area contributed by atoms with Gasteiger partial charge < -0.3 is 19.6 Å². The van der Waals surface area contributed by atoms with Gasteiger partial charge in [-0.2, -0.15) is 4.98 Å². The number of nitrogens with two attached hydrogens (primary N) is 1. The van der Waals surface area contributed by atoms with Crippen LogP contribution in [0.1, 0.15) is 0 Å². The Morgan fingerprint density at radius 3 is 3.10 bits per heavy atom. The molecular formula is C14H15N5O2. The molecule has 108 valence electrons. The maximum atomic E-state index is 5.50. The van der Waals surface area contributed by atoms with E-state index in [2.05, 4.69) is 15.1 Å². The smallest absolute Gasteiger partial charge is 0.278 e. The highest BCUT2D eigenvalue weighted by atomic mass is 16.5. The third-order valence-electron chi connectivity index (χ3n) is 2.99. The monoisotopic (exact) mass is 285 g/mol. The van der Waals surface area contributed by atoms with Crippen molar-refractivity contribution in [3.8, 4) is 28.7 Å². The number of imidazole rings is 1. The Bertz CT molecular complexity index is 734. The number of nitrogens with zero attached hydrogens (tertiary/aromatic N) is 4. The molecule has 3 aromatic rings. The van der Waals surface area contributed by atoms with Crippen molar-refractivity contribution in [1.82, 2.24) is 19.7 Å². The molecule has 0 spiro atoms. The normalized spacial score (nSPS) is 10.8. The summed E-state index contributed by atoms with van der Waals surface area (Å²) in [5, 5.41) is 3.98. The average molecular weight is 285 g/mol. The second-order valence-electron chi connectivity index (χ2n) is 4.44. The lowest BCUT2D eigenvalue weighted by molar-refractivity contribution is 0.414. The number of aromatic nitrogens is 4. The molecule has 2 heterocycles. The van der Waals surface area contributed by atoms with Crippen LogP contribution in [0.5, 0.6) is 5.75 Å². The van der Waals surface area contributed by atoms with Crippen LogP contribution in [-0.2, 0) is 6.54 Å². The maximum Gasteiger partial charge on any atom is 0.278 e. The van der Waals surface area contributed by atoms with Gasteiger partial charge in [-0.05, 0) is 12.1 Å². The first-order chi connectivity index (χ1) is 10.3. The largest absolute Gasteiger partial charge is 0.497 e. The average Bonchev–Trinajstić information content (AvgIpc) is 3.16. The highest BCUT2D eigenvalue weighted by molar-refractivity contribution is 5.59. The molecule has 0 bridgehead atoms. The lowest BCUT2D eigenvalue weighted by Crippen LogP contribution is -2.07. The molecule has 0 saturated heterocycles. The number of ether oxygens (including phenoxy) is 1. The molecule has 0 radical (unpaired) electrons. The summed E-state index contributed by atoms with van der Waals surface area (Å²) in [5.74, 6) is 1.62. The third-order valence-corrected chi connectivity index (χ3v) is 2.99. The van der Waals surface area contributed by atoms with Crippen LogP contribution in [0.3, 0.4) is 0 Å². The van der Waals surface area contributed by atoms with Gasteiger partial charge in [-0.1, -0.05) is 17.3 Å². The highest BCUT2D eigenvalue weighted by Gasteiger charge is 2.13. The van der Waals surface area contributed by atoms with Gasteiger partial charge in [0.2, 0.25) is 5.82 Å². The molecule has 3 rings (SSSR count). The van der Waals surface area contributed by atoms with Gasteiger partial charge >= 0.3 is 0 Å². The molecule has 2 aromatic heterocycles. The lowest BCUT2D eigenvalue weighted by Gasteiger charge is -1.99. The fourth-order valence-corrected chi connectivity index (χ4v) is 1.95. The first kappa shape index (κ1) is 13.3. The quantitative estimate of drug-likeness (QED) is 0.765. The van der Waals surface area contributed by atoms with Crippen LogP contribution in [0.2, 0.25) is 0 Å². The molecule has 0 fully saturated rings. The Hall–Kier alpha value is -2.67. The summed E-state index contributed by atoms with van der Waals surface area (Å²) in [6.45, 7) is 1.25. The van der Waals surface area contributed by atoms with E-state index in [1.54, 1.807) is 13.4 Å². The predicted molar refractivity (Wildman–Crippen MR) is 76.6 cm³/mol. The second kappa shape index (κ2) is 5.76. The second-order valence-corrected chi connectivity index (χ2v) is 4.44. The summed E-state index contributed by atoms with van der Waals surface area (Å²) in [6.07, 6.45) is 3.52.